The van der Waals surface area contributed by atoms with E-state index in [0.717, 1.165) is 5.56 Å². The molecule has 0 aliphatic heterocycles. The molecule has 0 atom stereocenters. The zero-order valence-corrected chi connectivity index (χ0v) is 13.8. The van der Waals surface area contributed by atoms with Crippen LogP contribution in [-0.2, 0) is 20.9 Å². The van der Waals surface area contributed by atoms with Gasteiger partial charge in [-0.05, 0) is 26.3 Å². The second-order valence-corrected chi connectivity index (χ2v) is 5.67. The molecular weight excluding hydrogens is 338 g/mol. The SMILES string of the molecule is CC(C)(C)OC(=O)N/C(=C\Br)C(=O)OCc1ccccc1. The molecule has 1 amide bonds. The molecule has 0 aliphatic rings. The van der Waals surface area contributed by atoms with E-state index in [1.165, 1.54) is 4.99 Å². The van der Waals surface area contributed by atoms with Crippen molar-refractivity contribution in [2.45, 2.75) is 33.0 Å². The number of alkyl carbamates (subject to hydrolysis) is 1. The van der Waals surface area contributed by atoms with Gasteiger partial charge in [0.05, 0.1) is 0 Å². The fourth-order valence-electron chi connectivity index (χ4n) is 1.34. The quantitative estimate of drug-likeness (QED) is 0.663. The van der Waals surface area contributed by atoms with Gasteiger partial charge in [-0.1, -0.05) is 46.3 Å². The summed E-state index contributed by atoms with van der Waals surface area (Å²) in [6.07, 6.45) is -0.718. The first-order valence-electron chi connectivity index (χ1n) is 6.33. The summed E-state index contributed by atoms with van der Waals surface area (Å²) >= 11 is 3.02. The number of carbonyl (C=O) groups excluding carboxylic acids is 2. The molecule has 0 saturated carbocycles. The average Bonchev–Trinajstić information content (AvgIpc) is 2.41. The summed E-state index contributed by atoms with van der Waals surface area (Å²) in [5.74, 6) is -0.651. The van der Waals surface area contributed by atoms with Crippen LogP contribution in [0.3, 0.4) is 0 Å². The molecule has 5 nitrogen and oxygen atoms in total. The topological polar surface area (TPSA) is 64.6 Å². The number of rotatable bonds is 4. The van der Waals surface area contributed by atoms with E-state index in [9.17, 15) is 9.59 Å². The van der Waals surface area contributed by atoms with E-state index in [0.29, 0.717) is 0 Å². The van der Waals surface area contributed by atoms with Crippen LogP contribution in [0.15, 0.2) is 41.0 Å². The Bertz CT molecular complexity index is 520. The fourth-order valence-corrected chi connectivity index (χ4v) is 1.64. The van der Waals surface area contributed by atoms with Gasteiger partial charge >= 0.3 is 12.1 Å². The molecular formula is C15H18BrNO4. The molecule has 0 heterocycles. The molecule has 0 saturated heterocycles. The van der Waals surface area contributed by atoms with Crippen molar-refractivity contribution in [2.75, 3.05) is 0 Å². The highest BCUT2D eigenvalue weighted by Crippen LogP contribution is 2.09. The number of hydrogen-bond acceptors (Lipinski definition) is 4. The van der Waals surface area contributed by atoms with Gasteiger partial charge in [0.2, 0.25) is 0 Å². The third-order valence-corrected chi connectivity index (χ3v) is 2.64. The van der Waals surface area contributed by atoms with Crippen molar-refractivity contribution in [1.29, 1.82) is 0 Å². The van der Waals surface area contributed by atoms with Crippen molar-refractivity contribution in [1.82, 2.24) is 5.32 Å². The van der Waals surface area contributed by atoms with Crippen LogP contribution in [0.5, 0.6) is 0 Å². The summed E-state index contributed by atoms with van der Waals surface area (Å²) in [5.41, 5.74) is 0.187. The van der Waals surface area contributed by atoms with Crippen molar-refractivity contribution >= 4 is 28.0 Å². The van der Waals surface area contributed by atoms with E-state index >= 15 is 0 Å². The normalized spacial score (nSPS) is 11.7. The summed E-state index contributed by atoms with van der Waals surface area (Å²) in [6.45, 7) is 5.33. The first-order valence-corrected chi connectivity index (χ1v) is 7.25. The van der Waals surface area contributed by atoms with Crippen molar-refractivity contribution in [2.24, 2.45) is 0 Å². The largest absolute Gasteiger partial charge is 0.456 e. The zero-order chi connectivity index (χ0) is 15.9. The van der Waals surface area contributed by atoms with Crippen LogP contribution >= 0.6 is 15.9 Å². The van der Waals surface area contributed by atoms with Gasteiger partial charge < -0.3 is 9.47 Å². The minimum absolute atomic E-state index is 0.0276. The van der Waals surface area contributed by atoms with Crippen LogP contribution in [0, 0.1) is 0 Å². The Morgan fingerprint density at radius 2 is 1.86 bits per heavy atom. The number of ether oxygens (including phenoxy) is 2. The maximum atomic E-state index is 11.9. The lowest BCUT2D eigenvalue weighted by Gasteiger charge is -2.20. The zero-order valence-electron chi connectivity index (χ0n) is 12.2. The molecule has 0 bridgehead atoms. The highest BCUT2D eigenvalue weighted by Gasteiger charge is 2.20. The third kappa shape index (κ3) is 6.94. The van der Waals surface area contributed by atoms with E-state index in [2.05, 4.69) is 21.2 Å². The minimum Gasteiger partial charge on any atom is -0.456 e. The number of esters is 1. The average molecular weight is 356 g/mol. The molecule has 1 rings (SSSR count). The number of amides is 1. The molecule has 114 valence electrons. The number of halogens is 1. The summed E-state index contributed by atoms with van der Waals surface area (Å²) in [4.78, 5) is 24.7. The number of hydrogen-bond donors (Lipinski definition) is 1. The molecule has 0 radical (unpaired) electrons. The summed E-state index contributed by atoms with van der Waals surface area (Å²) in [5, 5.41) is 2.34. The maximum Gasteiger partial charge on any atom is 0.412 e. The molecule has 21 heavy (non-hydrogen) atoms. The van der Waals surface area contributed by atoms with Gasteiger partial charge in [-0.25, -0.2) is 9.59 Å². The maximum absolute atomic E-state index is 11.9. The van der Waals surface area contributed by atoms with E-state index < -0.39 is 17.7 Å². The lowest BCUT2D eigenvalue weighted by molar-refractivity contribution is -0.140. The Hall–Kier alpha value is -1.82. The number of nitrogens with one attached hydrogen (secondary N) is 1. The molecule has 6 heteroatoms. The molecule has 1 N–H and O–H groups in total. The van der Waals surface area contributed by atoms with Crippen LogP contribution in [0.1, 0.15) is 26.3 Å². The van der Waals surface area contributed by atoms with E-state index in [-0.39, 0.29) is 12.3 Å². The van der Waals surface area contributed by atoms with Gasteiger partial charge in [0.25, 0.3) is 0 Å². The monoisotopic (exact) mass is 355 g/mol. The summed E-state index contributed by atoms with van der Waals surface area (Å²) in [6, 6.07) is 9.25. The lowest BCUT2D eigenvalue weighted by Crippen LogP contribution is -2.34. The van der Waals surface area contributed by atoms with Crippen LogP contribution in [0.25, 0.3) is 0 Å². The predicted molar refractivity (Wildman–Crippen MR) is 82.6 cm³/mol. The first-order chi connectivity index (χ1) is 9.81. The van der Waals surface area contributed by atoms with Crippen molar-refractivity contribution in [3.05, 3.63) is 46.6 Å². The second-order valence-electron chi connectivity index (χ2n) is 5.21. The number of benzene rings is 1. The molecule has 0 spiro atoms. The van der Waals surface area contributed by atoms with Crippen molar-refractivity contribution in [3.63, 3.8) is 0 Å². The van der Waals surface area contributed by atoms with Crippen LogP contribution in [0.2, 0.25) is 0 Å². The smallest absolute Gasteiger partial charge is 0.412 e. The summed E-state index contributed by atoms with van der Waals surface area (Å²) < 4.78 is 10.2. The van der Waals surface area contributed by atoms with Crippen LogP contribution < -0.4 is 5.32 Å². The van der Waals surface area contributed by atoms with Gasteiger partial charge in [-0.3, -0.25) is 5.32 Å². The lowest BCUT2D eigenvalue weighted by atomic mass is 10.2. The van der Waals surface area contributed by atoms with Gasteiger partial charge in [0, 0.05) is 4.99 Å². The molecule has 0 fully saturated rings. The van der Waals surface area contributed by atoms with Gasteiger partial charge in [0.15, 0.2) is 0 Å². The summed E-state index contributed by atoms with van der Waals surface area (Å²) in [7, 11) is 0. The highest BCUT2D eigenvalue weighted by atomic mass is 79.9. The Morgan fingerprint density at radius 3 is 2.38 bits per heavy atom. The first kappa shape index (κ1) is 17.2. The van der Waals surface area contributed by atoms with Crippen molar-refractivity contribution in [3.8, 4) is 0 Å². The molecule has 0 aromatic heterocycles. The van der Waals surface area contributed by atoms with E-state index in [4.69, 9.17) is 9.47 Å². The fraction of sp³-hybridized carbons (Fsp3) is 0.333. The Balaban J connectivity index is 2.52. The van der Waals surface area contributed by atoms with Gasteiger partial charge in [-0.2, -0.15) is 0 Å². The van der Waals surface area contributed by atoms with E-state index in [1.807, 2.05) is 30.3 Å². The van der Waals surface area contributed by atoms with Crippen LogP contribution in [-0.4, -0.2) is 17.7 Å². The predicted octanol–water partition coefficient (Wildman–Crippen LogP) is 3.49. The highest BCUT2D eigenvalue weighted by molar-refractivity contribution is 9.11. The molecule has 1 aromatic rings. The standard InChI is InChI=1S/C15H18BrNO4/c1-15(2,3)21-14(19)17-12(9-16)13(18)20-10-11-7-5-4-6-8-11/h4-9H,10H2,1-3H3,(H,17,19)/b12-9-. The van der Waals surface area contributed by atoms with Crippen LogP contribution in [0.4, 0.5) is 4.79 Å². The van der Waals surface area contributed by atoms with Gasteiger partial charge in [0.1, 0.15) is 17.9 Å². The minimum atomic E-state index is -0.718. The molecule has 1 aromatic carbocycles. The van der Waals surface area contributed by atoms with Crippen molar-refractivity contribution < 1.29 is 19.1 Å². The van der Waals surface area contributed by atoms with E-state index in [1.54, 1.807) is 20.8 Å². The Labute approximate surface area is 132 Å². The third-order valence-electron chi connectivity index (χ3n) is 2.18. The Kier molecular flexibility index (Phi) is 6.42. The Morgan fingerprint density at radius 1 is 1.24 bits per heavy atom. The second kappa shape index (κ2) is 7.83. The van der Waals surface area contributed by atoms with Gasteiger partial charge in [-0.15, -0.1) is 0 Å². The number of carbonyl (C=O) groups is 2. The molecule has 0 unspecified atom stereocenters. The molecule has 0 aliphatic carbocycles.